The zero-order chi connectivity index (χ0) is 12.3. The Morgan fingerprint density at radius 1 is 1.47 bits per heavy atom. The first-order chi connectivity index (χ1) is 8.22. The fourth-order valence-electron chi connectivity index (χ4n) is 1.74. The van der Waals surface area contributed by atoms with E-state index in [0.29, 0.717) is 11.2 Å². The normalized spacial score (nSPS) is 12.4. The van der Waals surface area contributed by atoms with Crippen molar-refractivity contribution in [3.8, 4) is 0 Å². The first-order valence-corrected chi connectivity index (χ1v) is 6.89. The molecule has 0 aliphatic heterocycles. The summed E-state index contributed by atoms with van der Waals surface area (Å²) in [5, 5.41) is 6.12. The van der Waals surface area contributed by atoms with Crippen LogP contribution in [0.3, 0.4) is 0 Å². The number of aromatic nitrogens is 1. The topological polar surface area (TPSA) is 24.9 Å². The molecule has 4 heteroatoms. The molecule has 0 aromatic carbocycles. The molecule has 0 aliphatic rings. The summed E-state index contributed by atoms with van der Waals surface area (Å²) in [4.78, 5) is 5.44. The third-order valence-electron chi connectivity index (χ3n) is 2.73. The molecule has 1 N–H and O–H groups in total. The number of halogens is 1. The van der Waals surface area contributed by atoms with E-state index in [9.17, 15) is 0 Å². The van der Waals surface area contributed by atoms with Crippen LogP contribution >= 0.6 is 22.9 Å². The van der Waals surface area contributed by atoms with Gasteiger partial charge in [-0.1, -0.05) is 24.6 Å². The van der Waals surface area contributed by atoms with E-state index in [1.54, 1.807) is 17.5 Å². The second-order valence-electron chi connectivity index (χ2n) is 3.91. The maximum absolute atomic E-state index is 6.12. The van der Waals surface area contributed by atoms with Gasteiger partial charge in [0, 0.05) is 11.1 Å². The quantitative estimate of drug-likeness (QED) is 0.814. The lowest BCUT2D eigenvalue weighted by Gasteiger charge is -2.19. The van der Waals surface area contributed by atoms with Crippen LogP contribution in [-0.4, -0.2) is 4.98 Å². The van der Waals surface area contributed by atoms with E-state index in [4.69, 9.17) is 11.6 Å². The lowest BCUT2D eigenvalue weighted by atomic mass is 10.1. The summed E-state index contributed by atoms with van der Waals surface area (Å²) in [6.07, 6.45) is 2.75. The first kappa shape index (κ1) is 12.4. The fourth-order valence-corrected chi connectivity index (χ4v) is 2.86. The van der Waals surface area contributed by atoms with Crippen molar-refractivity contribution in [2.24, 2.45) is 0 Å². The summed E-state index contributed by atoms with van der Waals surface area (Å²) in [5.41, 5.74) is 2.06. The minimum Gasteiger partial charge on any atom is -0.375 e. The second kappa shape index (κ2) is 5.52. The van der Waals surface area contributed by atoms with Gasteiger partial charge in [0.25, 0.3) is 0 Å². The van der Waals surface area contributed by atoms with Crippen molar-refractivity contribution in [2.45, 2.75) is 26.3 Å². The average Bonchev–Trinajstić information content (AvgIpc) is 2.82. The van der Waals surface area contributed by atoms with E-state index >= 15 is 0 Å². The van der Waals surface area contributed by atoms with Crippen molar-refractivity contribution in [2.75, 3.05) is 5.32 Å². The van der Waals surface area contributed by atoms with Crippen molar-refractivity contribution in [3.63, 3.8) is 0 Å². The van der Waals surface area contributed by atoms with Crippen molar-refractivity contribution in [1.29, 1.82) is 0 Å². The summed E-state index contributed by atoms with van der Waals surface area (Å²) < 4.78 is 0. The molecule has 0 bridgehead atoms. The van der Waals surface area contributed by atoms with Crippen LogP contribution in [0, 0.1) is 6.92 Å². The van der Waals surface area contributed by atoms with Crippen molar-refractivity contribution in [3.05, 3.63) is 45.4 Å². The molecule has 0 amide bonds. The van der Waals surface area contributed by atoms with Gasteiger partial charge in [0.1, 0.15) is 0 Å². The van der Waals surface area contributed by atoms with E-state index in [1.165, 1.54) is 4.88 Å². The van der Waals surface area contributed by atoms with Crippen LogP contribution < -0.4 is 5.32 Å². The molecular formula is C13H15ClN2S. The predicted octanol–water partition coefficient (Wildman–Crippen LogP) is 4.67. The van der Waals surface area contributed by atoms with Crippen LogP contribution in [0.5, 0.6) is 0 Å². The number of anilines is 1. The van der Waals surface area contributed by atoms with Crippen molar-refractivity contribution in [1.82, 2.24) is 4.98 Å². The Kier molecular flexibility index (Phi) is 4.02. The van der Waals surface area contributed by atoms with Gasteiger partial charge >= 0.3 is 0 Å². The number of hydrogen-bond acceptors (Lipinski definition) is 3. The zero-order valence-corrected chi connectivity index (χ0v) is 11.5. The van der Waals surface area contributed by atoms with E-state index in [-0.39, 0.29) is 0 Å². The van der Waals surface area contributed by atoms with Gasteiger partial charge in [0.2, 0.25) is 0 Å². The van der Waals surface area contributed by atoms with Gasteiger partial charge in [0.15, 0.2) is 5.15 Å². The van der Waals surface area contributed by atoms with Crippen molar-refractivity contribution < 1.29 is 0 Å². The molecule has 90 valence electrons. The van der Waals surface area contributed by atoms with E-state index in [2.05, 4.69) is 34.7 Å². The molecule has 0 radical (unpaired) electrons. The molecule has 1 unspecified atom stereocenters. The molecule has 2 aromatic heterocycles. The maximum atomic E-state index is 6.12. The Morgan fingerprint density at radius 2 is 2.29 bits per heavy atom. The Hall–Kier alpha value is -1.06. The SMILES string of the molecule is CCC(Nc1c(C)ccnc1Cl)c1cccs1. The Balaban J connectivity index is 2.25. The molecule has 0 aliphatic carbocycles. The van der Waals surface area contributed by atoms with Gasteiger partial charge in [-0.15, -0.1) is 11.3 Å². The van der Waals surface area contributed by atoms with Crippen LogP contribution in [0.1, 0.15) is 29.8 Å². The molecule has 2 rings (SSSR count). The molecule has 2 aromatic rings. The summed E-state index contributed by atoms with van der Waals surface area (Å²) in [5.74, 6) is 0. The van der Waals surface area contributed by atoms with Crippen LogP contribution in [0.2, 0.25) is 5.15 Å². The maximum Gasteiger partial charge on any atom is 0.152 e. The van der Waals surface area contributed by atoms with Crippen LogP contribution in [0.4, 0.5) is 5.69 Å². The van der Waals surface area contributed by atoms with Gasteiger partial charge < -0.3 is 5.32 Å². The highest BCUT2D eigenvalue weighted by atomic mass is 35.5. The van der Waals surface area contributed by atoms with E-state index in [0.717, 1.165) is 17.7 Å². The highest BCUT2D eigenvalue weighted by molar-refractivity contribution is 7.10. The summed E-state index contributed by atoms with van der Waals surface area (Å²) in [7, 11) is 0. The highest BCUT2D eigenvalue weighted by Gasteiger charge is 2.13. The van der Waals surface area contributed by atoms with Gasteiger partial charge in [0.05, 0.1) is 11.7 Å². The van der Waals surface area contributed by atoms with Crippen LogP contribution in [0.25, 0.3) is 0 Å². The Bertz CT molecular complexity index is 462. The van der Waals surface area contributed by atoms with Gasteiger partial charge in [-0.3, -0.25) is 0 Å². The highest BCUT2D eigenvalue weighted by Crippen LogP contribution is 2.30. The molecule has 0 saturated heterocycles. The standard InChI is InChI=1S/C13H15ClN2S/c1-3-10(11-5-4-8-17-11)16-12-9(2)6-7-15-13(12)14/h4-8,10,16H,3H2,1-2H3. The minimum absolute atomic E-state index is 0.301. The van der Waals surface area contributed by atoms with E-state index < -0.39 is 0 Å². The molecule has 17 heavy (non-hydrogen) atoms. The molecule has 0 fully saturated rings. The lowest BCUT2D eigenvalue weighted by molar-refractivity contribution is 0.762. The molecule has 0 saturated carbocycles. The number of rotatable bonds is 4. The van der Waals surface area contributed by atoms with Crippen LogP contribution in [0.15, 0.2) is 29.8 Å². The second-order valence-corrected chi connectivity index (χ2v) is 5.25. The lowest BCUT2D eigenvalue weighted by Crippen LogP contribution is -2.10. The molecular weight excluding hydrogens is 252 g/mol. The number of pyridine rings is 1. The minimum atomic E-state index is 0.301. The summed E-state index contributed by atoms with van der Waals surface area (Å²) >= 11 is 7.88. The zero-order valence-electron chi connectivity index (χ0n) is 9.90. The number of thiophene rings is 1. The largest absolute Gasteiger partial charge is 0.375 e. The smallest absolute Gasteiger partial charge is 0.152 e. The Morgan fingerprint density at radius 3 is 2.88 bits per heavy atom. The van der Waals surface area contributed by atoms with Gasteiger partial charge in [-0.2, -0.15) is 0 Å². The Labute approximate surface area is 111 Å². The van der Waals surface area contributed by atoms with Crippen LogP contribution in [-0.2, 0) is 0 Å². The molecule has 2 heterocycles. The monoisotopic (exact) mass is 266 g/mol. The van der Waals surface area contributed by atoms with Crippen molar-refractivity contribution >= 4 is 28.6 Å². The first-order valence-electron chi connectivity index (χ1n) is 5.63. The fraction of sp³-hybridized carbons (Fsp3) is 0.308. The third-order valence-corrected chi connectivity index (χ3v) is 4.00. The number of aryl methyl sites for hydroxylation is 1. The van der Waals surface area contributed by atoms with Gasteiger partial charge in [-0.25, -0.2) is 4.98 Å². The molecule has 1 atom stereocenters. The third kappa shape index (κ3) is 2.79. The average molecular weight is 267 g/mol. The molecule has 2 nitrogen and oxygen atoms in total. The number of nitrogens with one attached hydrogen (secondary N) is 1. The summed E-state index contributed by atoms with van der Waals surface area (Å²) in [6.45, 7) is 4.20. The number of nitrogens with zero attached hydrogens (tertiary/aromatic N) is 1. The van der Waals surface area contributed by atoms with Gasteiger partial charge in [-0.05, 0) is 36.4 Å². The van der Waals surface area contributed by atoms with E-state index in [1.807, 2.05) is 13.0 Å². The predicted molar refractivity (Wildman–Crippen MR) is 75.0 cm³/mol. The molecule has 0 spiro atoms. The number of hydrogen-bond donors (Lipinski definition) is 1. The summed E-state index contributed by atoms with van der Waals surface area (Å²) in [6, 6.07) is 6.48.